The van der Waals surface area contributed by atoms with Crippen molar-refractivity contribution < 1.29 is 9.53 Å². The van der Waals surface area contributed by atoms with Gasteiger partial charge >= 0.3 is 0 Å². The number of Topliss-reactive ketones (excluding diaryl/α,β-unsaturated/α-hetero) is 1. The predicted octanol–water partition coefficient (Wildman–Crippen LogP) is 0.346. The average molecular weight is 221 g/mol. The van der Waals surface area contributed by atoms with Gasteiger partial charge in [0, 0.05) is 31.4 Å². The van der Waals surface area contributed by atoms with E-state index in [1.807, 2.05) is 0 Å². The number of rotatable bonds is 3. The highest BCUT2D eigenvalue weighted by molar-refractivity contribution is 5.95. The minimum atomic E-state index is 0.0219. The quantitative estimate of drug-likeness (QED) is 0.746. The van der Waals surface area contributed by atoms with Gasteiger partial charge in [-0.15, -0.1) is 0 Å². The van der Waals surface area contributed by atoms with E-state index < -0.39 is 0 Å². The number of carbonyl (C=O) groups is 1. The predicted molar refractivity (Wildman–Crippen MR) is 58.3 cm³/mol. The fourth-order valence-corrected chi connectivity index (χ4v) is 1.75. The van der Waals surface area contributed by atoms with Crippen LogP contribution >= 0.6 is 0 Å². The highest BCUT2D eigenvalue weighted by Gasteiger charge is 2.19. The molecule has 5 heteroatoms. The number of nitrogens with one attached hydrogen (secondary N) is 1. The number of aromatic nitrogens is 2. The van der Waals surface area contributed by atoms with Crippen LogP contribution in [0.15, 0.2) is 12.4 Å². The Labute approximate surface area is 94.2 Å². The normalized spacial score (nSPS) is 20.7. The molecule has 1 aliphatic rings. The number of aryl methyl sites for hydroxylation is 1. The van der Waals surface area contributed by atoms with Gasteiger partial charge < -0.3 is 10.1 Å². The maximum absolute atomic E-state index is 11.9. The maximum Gasteiger partial charge on any atom is 0.184 e. The van der Waals surface area contributed by atoms with Crippen LogP contribution in [-0.4, -0.2) is 41.6 Å². The molecule has 0 saturated carbocycles. The number of morpholine rings is 1. The number of carbonyl (C=O) groups excluding carboxylic acids is 1. The monoisotopic (exact) mass is 221 g/mol. The lowest BCUT2D eigenvalue weighted by molar-refractivity contribution is 0.0673. The Bertz CT molecular complexity index is 375. The molecule has 2 rings (SSSR count). The molecule has 1 fully saturated rings. The summed E-state index contributed by atoms with van der Waals surface area (Å²) in [6, 6.07) is 0.0997. The Hall–Kier alpha value is -1.33. The molecule has 1 atom stereocenters. The summed E-state index contributed by atoms with van der Waals surface area (Å²) in [6.45, 7) is 3.91. The van der Waals surface area contributed by atoms with Crippen LogP contribution in [0.3, 0.4) is 0 Å². The molecule has 0 spiro atoms. The van der Waals surface area contributed by atoms with Crippen molar-refractivity contribution in [3.8, 4) is 0 Å². The van der Waals surface area contributed by atoms with Crippen molar-refractivity contribution in [1.82, 2.24) is 15.3 Å². The van der Waals surface area contributed by atoms with E-state index in [0.717, 1.165) is 13.2 Å². The van der Waals surface area contributed by atoms with E-state index >= 15 is 0 Å². The Morgan fingerprint density at radius 1 is 1.56 bits per heavy atom. The first-order chi connectivity index (χ1) is 7.77. The van der Waals surface area contributed by atoms with Crippen molar-refractivity contribution in [3.05, 3.63) is 23.8 Å². The van der Waals surface area contributed by atoms with Crippen LogP contribution in [0.5, 0.6) is 0 Å². The largest absolute Gasteiger partial charge is 0.378 e. The van der Waals surface area contributed by atoms with Gasteiger partial charge in [0.05, 0.1) is 18.9 Å². The summed E-state index contributed by atoms with van der Waals surface area (Å²) in [5.41, 5.74) is 1.15. The number of ketones is 1. The lowest BCUT2D eigenvalue weighted by atomic mass is 10.1. The fourth-order valence-electron chi connectivity index (χ4n) is 1.75. The zero-order valence-electron chi connectivity index (χ0n) is 9.27. The molecule has 0 bridgehead atoms. The van der Waals surface area contributed by atoms with Gasteiger partial charge in [0.15, 0.2) is 5.78 Å². The number of nitrogens with zero attached hydrogens (tertiary/aromatic N) is 2. The Balaban J connectivity index is 2.00. The third kappa shape index (κ3) is 2.62. The summed E-state index contributed by atoms with van der Waals surface area (Å²) in [4.78, 5) is 20.1. The van der Waals surface area contributed by atoms with E-state index in [-0.39, 0.29) is 11.8 Å². The second kappa shape index (κ2) is 5.14. The standard InChI is InChI=1S/C11H15N3O2/c1-8-11(14-3-2-12-8)10(15)6-9-7-16-5-4-13-9/h2-3,9,13H,4-7H2,1H3. The van der Waals surface area contributed by atoms with E-state index in [1.165, 1.54) is 0 Å². The Kier molecular flexibility index (Phi) is 3.58. The van der Waals surface area contributed by atoms with E-state index in [1.54, 1.807) is 19.3 Å². The summed E-state index contributed by atoms with van der Waals surface area (Å²) in [5.74, 6) is 0.0219. The summed E-state index contributed by atoms with van der Waals surface area (Å²) < 4.78 is 5.30. The SMILES string of the molecule is Cc1nccnc1C(=O)CC1COCCN1. The molecular formula is C11H15N3O2. The van der Waals surface area contributed by atoms with Gasteiger partial charge in [-0.3, -0.25) is 9.78 Å². The molecule has 16 heavy (non-hydrogen) atoms. The third-order valence-corrected chi connectivity index (χ3v) is 2.58. The summed E-state index contributed by atoms with van der Waals surface area (Å²) in [5, 5.41) is 3.25. The summed E-state index contributed by atoms with van der Waals surface area (Å²) in [6.07, 6.45) is 3.55. The van der Waals surface area contributed by atoms with Crippen LogP contribution in [0.4, 0.5) is 0 Å². The molecule has 0 radical (unpaired) electrons. The van der Waals surface area contributed by atoms with Crippen LogP contribution in [0.25, 0.3) is 0 Å². The summed E-state index contributed by atoms with van der Waals surface area (Å²) in [7, 11) is 0. The molecule has 1 aromatic rings. The van der Waals surface area contributed by atoms with E-state index in [2.05, 4.69) is 15.3 Å². The van der Waals surface area contributed by atoms with E-state index in [4.69, 9.17) is 4.74 Å². The van der Waals surface area contributed by atoms with Gasteiger partial charge in [-0.2, -0.15) is 0 Å². The van der Waals surface area contributed by atoms with E-state index in [9.17, 15) is 4.79 Å². The lowest BCUT2D eigenvalue weighted by Gasteiger charge is -2.23. The van der Waals surface area contributed by atoms with Gasteiger partial charge in [0.25, 0.3) is 0 Å². The molecule has 1 unspecified atom stereocenters. The van der Waals surface area contributed by atoms with Crippen molar-refractivity contribution in [3.63, 3.8) is 0 Å². The second-order valence-electron chi connectivity index (χ2n) is 3.84. The molecule has 1 aromatic heterocycles. The van der Waals surface area contributed by atoms with Crippen molar-refractivity contribution in [2.75, 3.05) is 19.8 Å². The average Bonchev–Trinajstić information content (AvgIpc) is 2.31. The van der Waals surface area contributed by atoms with Gasteiger partial charge in [-0.1, -0.05) is 0 Å². The first kappa shape index (κ1) is 11.2. The lowest BCUT2D eigenvalue weighted by Crippen LogP contribution is -2.42. The van der Waals surface area contributed by atoms with Crippen molar-refractivity contribution in [1.29, 1.82) is 0 Å². The van der Waals surface area contributed by atoms with Crippen molar-refractivity contribution in [2.45, 2.75) is 19.4 Å². The number of hydrogen-bond donors (Lipinski definition) is 1. The highest BCUT2D eigenvalue weighted by atomic mass is 16.5. The molecule has 1 saturated heterocycles. The van der Waals surface area contributed by atoms with E-state index in [0.29, 0.717) is 24.4 Å². The molecule has 1 N–H and O–H groups in total. The third-order valence-electron chi connectivity index (χ3n) is 2.58. The van der Waals surface area contributed by atoms with Gasteiger partial charge in [0.2, 0.25) is 0 Å². The summed E-state index contributed by atoms with van der Waals surface area (Å²) >= 11 is 0. The second-order valence-corrected chi connectivity index (χ2v) is 3.84. The van der Waals surface area contributed by atoms with Gasteiger partial charge in [-0.25, -0.2) is 4.98 Å². The van der Waals surface area contributed by atoms with Crippen molar-refractivity contribution in [2.24, 2.45) is 0 Å². The molecule has 0 aromatic carbocycles. The van der Waals surface area contributed by atoms with Crippen LogP contribution in [0.2, 0.25) is 0 Å². The molecule has 1 aliphatic heterocycles. The molecule has 86 valence electrons. The first-order valence-electron chi connectivity index (χ1n) is 5.39. The van der Waals surface area contributed by atoms with Crippen LogP contribution in [0, 0.1) is 6.92 Å². The topological polar surface area (TPSA) is 64.1 Å². The minimum absolute atomic E-state index is 0.0219. The first-order valence-corrected chi connectivity index (χ1v) is 5.39. The molecule has 0 amide bonds. The van der Waals surface area contributed by atoms with Crippen LogP contribution in [-0.2, 0) is 4.74 Å². The van der Waals surface area contributed by atoms with Crippen LogP contribution in [0.1, 0.15) is 22.6 Å². The molecule has 0 aliphatic carbocycles. The fraction of sp³-hybridized carbons (Fsp3) is 0.545. The maximum atomic E-state index is 11.9. The smallest absolute Gasteiger partial charge is 0.184 e. The van der Waals surface area contributed by atoms with Gasteiger partial charge in [0.1, 0.15) is 5.69 Å². The highest BCUT2D eigenvalue weighted by Crippen LogP contribution is 2.07. The molecule has 2 heterocycles. The number of hydrogen-bond acceptors (Lipinski definition) is 5. The van der Waals surface area contributed by atoms with Gasteiger partial charge in [-0.05, 0) is 6.92 Å². The Morgan fingerprint density at radius 2 is 2.38 bits per heavy atom. The number of ether oxygens (including phenoxy) is 1. The Morgan fingerprint density at radius 3 is 3.06 bits per heavy atom. The van der Waals surface area contributed by atoms with Crippen molar-refractivity contribution >= 4 is 5.78 Å². The van der Waals surface area contributed by atoms with Crippen LogP contribution < -0.4 is 5.32 Å². The molecular weight excluding hydrogens is 206 g/mol. The zero-order valence-corrected chi connectivity index (χ0v) is 9.27. The zero-order chi connectivity index (χ0) is 11.4. The minimum Gasteiger partial charge on any atom is -0.378 e. The molecule has 5 nitrogen and oxygen atoms in total.